The molecule has 6 heteroatoms. The van der Waals surface area contributed by atoms with Crippen molar-refractivity contribution in [1.29, 1.82) is 0 Å². The molecular weight excluding hydrogens is 216 g/mol. The fraction of sp³-hybridized carbons (Fsp3) is 0.222. The van der Waals surface area contributed by atoms with E-state index in [1.807, 2.05) is 13.0 Å². The maximum absolute atomic E-state index is 5.71. The van der Waals surface area contributed by atoms with Gasteiger partial charge in [0.05, 0.1) is 6.54 Å². The SMILES string of the molecule is Cc1cc(NCc2ccon2)nc(Cl)n1. The number of halogens is 1. The van der Waals surface area contributed by atoms with Gasteiger partial charge < -0.3 is 9.84 Å². The summed E-state index contributed by atoms with van der Waals surface area (Å²) in [4.78, 5) is 7.98. The highest BCUT2D eigenvalue weighted by Crippen LogP contribution is 2.10. The lowest BCUT2D eigenvalue weighted by Crippen LogP contribution is -2.02. The van der Waals surface area contributed by atoms with Crippen molar-refractivity contribution in [2.75, 3.05) is 5.32 Å². The van der Waals surface area contributed by atoms with E-state index in [9.17, 15) is 0 Å². The highest BCUT2D eigenvalue weighted by molar-refractivity contribution is 6.28. The Morgan fingerprint density at radius 3 is 3.00 bits per heavy atom. The summed E-state index contributed by atoms with van der Waals surface area (Å²) in [5, 5.41) is 7.07. The summed E-state index contributed by atoms with van der Waals surface area (Å²) in [5.41, 5.74) is 1.63. The molecule has 0 aliphatic carbocycles. The van der Waals surface area contributed by atoms with Gasteiger partial charge in [-0.05, 0) is 18.5 Å². The van der Waals surface area contributed by atoms with Gasteiger partial charge in [-0.15, -0.1) is 0 Å². The van der Waals surface area contributed by atoms with Gasteiger partial charge in [0.1, 0.15) is 17.8 Å². The minimum absolute atomic E-state index is 0.234. The molecule has 2 aromatic rings. The van der Waals surface area contributed by atoms with Crippen molar-refractivity contribution in [3.63, 3.8) is 0 Å². The minimum Gasteiger partial charge on any atom is -0.364 e. The van der Waals surface area contributed by atoms with E-state index in [-0.39, 0.29) is 5.28 Å². The lowest BCUT2D eigenvalue weighted by atomic mass is 10.4. The normalized spacial score (nSPS) is 10.3. The Balaban J connectivity index is 2.05. The summed E-state index contributed by atoms with van der Waals surface area (Å²) in [7, 11) is 0. The zero-order valence-corrected chi connectivity index (χ0v) is 8.82. The molecule has 78 valence electrons. The first-order chi connectivity index (χ1) is 7.24. The molecule has 0 aromatic carbocycles. The molecule has 2 rings (SSSR count). The van der Waals surface area contributed by atoms with Gasteiger partial charge in [0.15, 0.2) is 0 Å². The van der Waals surface area contributed by atoms with Gasteiger partial charge in [-0.1, -0.05) is 5.16 Å². The summed E-state index contributed by atoms with van der Waals surface area (Å²) in [6.07, 6.45) is 1.52. The second kappa shape index (κ2) is 4.27. The quantitative estimate of drug-likeness (QED) is 0.809. The van der Waals surface area contributed by atoms with Gasteiger partial charge in [-0.25, -0.2) is 9.97 Å². The van der Waals surface area contributed by atoms with Crippen molar-refractivity contribution in [2.45, 2.75) is 13.5 Å². The summed E-state index contributed by atoms with van der Waals surface area (Å²) < 4.78 is 4.70. The lowest BCUT2D eigenvalue weighted by molar-refractivity contribution is 0.412. The van der Waals surface area contributed by atoms with E-state index < -0.39 is 0 Å². The molecule has 15 heavy (non-hydrogen) atoms. The molecule has 0 aliphatic rings. The minimum atomic E-state index is 0.234. The maximum Gasteiger partial charge on any atom is 0.224 e. The molecule has 5 nitrogen and oxygen atoms in total. The lowest BCUT2D eigenvalue weighted by Gasteiger charge is -2.03. The van der Waals surface area contributed by atoms with Crippen LogP contribution < -0.4 is 5.32 Å². The predicted octanol–water partition coefficient (Wildman–Crippen LogP) is 2.04. The van der Waals surface area contributed by atoms with Crippen molar-refractivity contribution in [3.8, 4) is 0 Å². The van der Waals surface area contributed by atoms with Crippen molar-refractivity contribution < 1.29 is 4.52 Å². The zero-order valence-electron chi connectivity index (χ0n) is 8.07. The molecule has 0 radical (unpaired) electrons. The van der Waals surface area contributed by atoms with Crippen LogP contribution in [-0.4, -0.2) is 15.1 Å². The van der Waals surface area contributed by atoms with Crippen molar-refractivity contribution >= 4 is 17.4 Å². The first-order valence-corrected chi connectivity index (χ1v) is 4.76. The Morgan fingerprint density at radius 2 is 2.33 bits per heavy atom. The van der Waals surface area contributed by atoms with E-state index in [0.717, 1.165) is 11.4 Å². The van der Waals surface area contributed by atoms with Crippen LogP contribution in [0.4, 0.5) is 5.82 Å². The molecule has 0 saturated heterocycles. The molecule has 2 heterocycles. The fourth-order valence-electron chi connectivity index (χ4n) is 1.13. The summed E-state index contributed by atoms with van der Waals surface area (Å²) in [5.74, 6) is 0.676. The molecule has 0 aliphatic heterocycles. The number of aryl methyl sites for hydroxylation is 1. The second-order valence-corrected chi connectivity index (χ2v) is 3.35. The van der Waals surface area contributed by atoms with Crippen LogP contribution >= 0.6 is 11.6 Å². The van der Waals surface area contributed by atoms with Crippen molar-refractivity contribution in [2.24, 2.45) is 0 Å². The van der Waals surface area contributed by atoms with Crippen molar-refractivity contribution in [1.82, 2.24) is 15.1 Å². The van der Waals surface area contributed by atoms with E-state index in [4.69, 9.17) is 16.1 Å². The van der Waals surface area contributed by atoms with Gasteiger partial charge in [0.25, 0.3) is 0 Å². The maximum atomic E-state index is 5.71. The zero-order chi connectivity index (χ0) is 10.7. The summed E-state index contributed by atoms with van der Waals surface area (Å²) in [6.45, 7) is 2.40. The van der Waals surface area contributed by atoms with E-state index in [1.165, 1.54) is 6.26 Å². The van der Waals surface area contributed by atoms with Crippen molar-refractivity contribution in [3.05, 3.63) is 35.1 Å². The number of hydrogen-bond donors (Lipinski definition) is 1. The molecule has 0 spiro atoms. The van der Waals surface area contributed by atoms with Crippen LogP contribution in [0.15, 0.2) is 22.9 Å². The molecule has 0 fully saturated rings. The second-order valence-electron chi connectivity index (χ2n) is 3.01. The highest BCUT2D eigenvalue weighted by Gasteiger charge is 2.01. The average Bonchev–Trinajstić information content (AvgIpc) is 2.65. The Bertz CT molecular complexity index is 423. The third-order valence-corrected chi connectivity index (χ3v) is 1.94. The number of aromatic nitrogens is 3. The standard InChI is InChI=1S/C9H9ClN4O/c1-6-4-8(13-9(10)12-6)11-5-7-2-3-15-14-7/h2-4H,5H2,1H3,(H,11,12,13). The fourth-order valence-corrected chi connectivity index (χ4v) is 1.36. The van der Waals surface area contributed by atoms with Crippen LogP contribution in [-0.2, 0) is 6.54 Å². The largest absolute Gasteiger partial charge is 0.364 e. The van der Waals surface area contributed by atoms with Gasteiger partial charge in [-0.3, -0.25) is 0 Å². The van der Waals surface area contributed by atoms with Crippen LogP contribution in [0.25, 0.3) is 0 Å². The molecule has 0 unspecified atom stereocenters. The van der Waals surface area contributed by atoms with Gasteiger partial charge in [0, 0.05) is 17.8 Å². The predicted molar refractivity (Wildman–Crippen MR) is 55.6 cm³/mol. The Hall–Kier alpha value is -1.62. The molecule has 1 N–H and O–H groups in total. The molecule has 0 amide bonds. The molecule has 2 aromatic heterocycles. The number of nitrogens with zero attached hydrogens (tertiary/aromatic N) is 3. The van der Waals surface area contributed by atoms with E-state index in [1.54, 1.807) is 6.07 Å². The van der Waals surface area contributed by atoms with Gasteiger partial charge in [0.2, 0.25) is 5.28 Å². The Kier molecular flexibility index (Phi) is 2.82. The highest BCUT2D eigenvalue weighted by atomic mass is 35.5. The summed E-state index contributed by atoms with van der Waals surface area (Å²) in [6, 6.07) is 3.59. The molecule has 0 atom stereocenters. The number of nitrogens with one attached hydrogen (secondary N) is 1. The molecular formula is C9H9ClN4O. The first-order valence-electron chi connectivity index (χ1n) is 4.38. The summed E-state index contributed by atoms with van der Waals surface area (Å²) >= 11 is 5.71. The topological polar surface area (TPSA) is 63.8 Å². The van der Waals surface area contributed by atoms with Crippen LogP contribution in [0.5, 0.6) is 0 Å². The number of rotatable bonds is 3. The van der Waals surface area contributed by atoms with E-state index >= 15 is 0 Å². The molecule has 0 saturated carbocycles. The van der Waals surface area contributed by atoms with Crippen LogP contribution in [0, 0.1) is 6.92 Å². The average molecular weight is 225 g/mol. The van der Waals surface area contributed by atoms with Crippen LogP contribution in [0.3, 0.4) is 0 Å². The first kappa shape index (κ1) is 9.92. The number of hydrogen-bond acceptors (Lipinski definition) is 5. The van der Waals surface area contributed by atoms with Crippen LogP contribution in [0.1, 0.15) is 11.4 Å². The Labute approximate surface area is 91.5 Å². The number of anilines is 1. The van der Waals surface area contributed by atoms with Gasteiger partial charge in [-0.2, -0.15) is 0 Å². The monoisotopic (exact) mass is 224 g/mol. The third kappa shape index (κ3) is 2.66. The van der Waals surface area contributed by atoms with E-state index in [2.05, 4.69) is 20.4 Å². The van der Waals surface area contributed by atoms with Gasteiger partial charge >= 0.3 is 0 Å². The Morgan fingerprint density at radius 1 is 1.47 bits per heavy atom. The molecule has 0 bridgehead atoms. The smallest absolute Gasteiger partial charge is 0.224 e. The third-order valence-electron chi connectivity index (χ3n) is 1.77. The van der Waals surface area contributed by atoms with E-state index in [0.29, 0.717) is 12.4 Å². The van der Waals surface area contributed by atoms with Crippen LogP contribution in [0.2, 0.25) is 5.28 Å².